The van der Waals surface area contributed by atoms with E-state index >= 15 is 0 Å². The Morgan fingerprint density at radius 3 is 2.53 bits per heavy atom. The van der Waals surface area contributed by atoms with Crippen molar-refractivity contribution >= 4 is 11.7 Å². The molecule has 0 bridgehead atoms. The Morgan fingerprint density at radius 2 is 2.13 bits per heavy atom. The zero-order valence-corrected chi connectivity index (χ0v) is 7.38. The molecule has 0 spiro atoms. The molecule has 0 fully saturated rings. The van der Waals surface area contributed by atoms with Crippen molar-refractivity contribution in [3.05, 3.63) is 24.0 Å². The number of hydrogen-bond acceptors (Lipinski definition) is 3. The zero-order valence-electron chi connectivity index (χ0n) is 7.38. The molecule has 0 amide bonds. The molecule has 1 heterocycles. The van der Waals surface area contributed by atoms with Crippen LogP contribution in [0.15, 0.2) is 18.3 Å². The summed E-state index contributed by atoms with van der Waals surface area (Å²) in [7, 11) is 0. The summed E-state index contributed by atoms with van der Waals surface area (Å²) in [5.41, 5.74) is -0.0927. The van der Waals surface area contributed by atoms with E-state index in [2.05, 4.69) is 10.3 Å². The first-order chi connectivity index (χ1) is 6.88. The summed E-state index contributed by atoms with van der Waals surface area (Å²) >= 11 is 0. The van der Waals surface area contributed by atoms with E-state index in [9.17, 15) is 18.0 Å². The van der Waals surface area contributed by atoms with Crippen molar-refractivity contribution in [1.29, 1.82) is 0 Å². The van der Waals surface area contributed by atoms with Crippen LogP contribution in [0, 0.1) is 0 Å². The molecule has 0 aromatic carbocycles. The Hall–Kier alpha value is -1.79. The summed E-state index contributed by atoms with van der Waals surface area (Å²) in [6, 6.07) is 2.35. The quantitative estimate of drug-likeness (QED) is 0.814. The molecular formula is C8H7F3N2O2. The average Bonchev–Trinajstić information content (AvgIpc) is 2.14. The highest BCUT2D eigenvalue weighted by molar-refractivity contribution is 5.85. The van der Waals surface area contributed by atoms with Gasteiger partial charge in [0.1, 0.15) is 12.2 Å². The molecule has 4 nitrogen and oxygen atoms in total. The maximum absolute atomic E-state index is 11.8. The Balaban J connectivity index is 2.61. The van der Waals surface area contributed by atoms with Gasteiger partial charge in [-0.3, -0.25) is 0 Å². The van der Waals surface area contributed by atoms with E-state index < -0.39 is 18.7 Å². The minimum absolute atomic E-state index is 0.123. The average molecular weight is 220 g/mol. The van der Waals surface area contributed by atoms with Crippen molar-refractivity contribution in [1.82, 2.24) is 4.98 Å². The van der Waals surface area contributed by atoms with Gasteiger partial charge in [0.25, 0.3) is 0 Å². The number of anilines is 1. The fraction of sp³-hybridized carbons (Fsp3) is 0.250. The molecular weight excluding hydrogens is 213 g/mol. The molecule has 1 rings (SSSR count). The first kappa shape index (κ1) is 11.3. The van der Waals surface area contributed by atoms with Crippen LogP contribution in [0.5, 0.6) is 0 Å². The first-order valence-electron chi connectivity index (χ1n) is 3.88. The van der Waals surface area contributed by atoms with Gasteiger partial charge in [-0.15, -0.1) is 0 Å². The number of nitrogens with one attached hydrogen (secondary N) is 1. The molecule has 0 saturated carbocycles. The molecule has 0 aliphatic carbocycles. The van der Waals surface area contributed by atoms with Crippen molar-refractivity contribution in [2.75, 3.05) is 11.9 Å². The molecule has 1 aromatic rings. The number of aromatic nitrogens is 1. The van der Waals surface area contributed by atoms with Crippen molar-refractivity contribution in [3.63, 3.8) is 0 Å². The van der Waals surface area contributed by atoms with Gasteiger partial charge in [0, 0.05) is 0 Å². The fourth-order valence-electron chi connectivity index (χ4n) is 0.827. The van der Waals surface area contributed by atoms with Gasteiger partial charge in [0.05, 0.1) is 11.9 Å². The molecule has 0 radical (unpaired) electrons. The second-order valence-corrected chi connectivity index (χ2v) is 2.71. The van der Waals surface area contributed by atoms with Crippen LogP contribution in [0.1, 0.15) is 10.5 Å². The lowest BCUT2D eigenvalue weighted by Crippen LogP contribution is -2.21. The van der Waals surface area contributed by atoms with E-state index in [1.807, 2.05) is 0 Å². The summed E-state index contributed by atoms with van der Waals surface area (Å²) in [5.74, 6) is -1.22. The number of halogens is 3. The normalized spacial score (nSPS) is 11.1. The predicted octanol–water partition coefficient (Wildman–Crippen LogP) is 1.75. The van der Waals surface area contributed by atoms with Crippen LogP contribution >= 0.6 is 0 Å². The molecule has 0 aliphatic rings. The molecule has 82 valence electrons. The summed E-state index contributed by atoms with van der Waals surface area (Å²) in [6.07, 6.45) is -3.28. The lowest BCUT2D eigenvalue weighted by molar-refractivity contribution is -0.115. The molecule has 0 atom stereocenters. The van der Waals surface area contributed by atoms with Crippen LogP contribution in [0.3, 0.4) is 0 Å². The standard InChI is InChI=1S/C8H7F3N2O2/c9-8(10,11)4-13-5-1-2-6(7(14)15)12-3-5/h1-3,13H,4H2,(H,14,15). The maximum atomic E-state index is 11.8. The topological polar surface area (TPSA) is 62.2 Å². The highest BCUT2D eigenvalue weighted by atomic mass is 19.4. The Bertz CT molecular complexity index is 348. The van der Waals surface area contributed by atoms with Gasteiger partial charge in [-0.05, 0) is 12.1 Å². The summed E-state index contributed by atoms with van der Waals surface area (Å²) < 4.78 is 35.3. The molecule has 0 unspecified atom stereocenters. The highest BCUT2D eigenvalue weighted by Crippen LogP contribution is 2.15. The van der Waals surface area contributed by atoms with Crippen molar-refractivity contribution in [3.8, 4) is 0 Å². The predicted molar refractivity (Wildman–Crippen MR) is 45.7 cm³/mol. The van der Waals surface area contributed by atoms with E-state index in [4.69, 9.17) is 5.11 Å². The summed E-state index contributed by atoms with van der Waals surface area (Å²) in [4.78, 5) is 13.8. The van der Waals surface area contributed by atoms with Gasteiger partial charge < -0.3 is 10.4 Å². The van der Waals surface area contributed by atoms with Gasteiger partial charge in [0.15, 0.2) is 0 Å². The van der Waals surface area contributed by atoms with Crippen molar-refractivity contribution in [2.24, 2.45) is 0 Å². The van der Waals surface area contributed by atoms with E-state index in [-0.39, 0.29) is 11.4 Å². The monoisotopic (exact) mass is 220 g/mol. The van der Waals surface area contributed by atoms with E-state index in [1.165, 1.54) is 6.07 Å². The van der Waals surface area contributed by atoms with Crippen molar-refractivity contribution in [2.45, 2.75) is 6.18 Å². The fourth-order valence-corrected chi connectivity index (χ4v) is 0.827. The number of hydrogen-bond donors (Lipinski definition) is 2. The third-order valence-electron chi connectivity index (χ3n) is 1.48. The second-order valence-electron chi connectivity index (χ2n) is 2.71. The number of aromatic carboxylic acids is 1. The summed E-state index contributed by atoms with van der Waals surface area (Å²) in [6.45, 7) is -1.18. The van der Waals surface area contributed by atoms with Crippen LogP contribution in [0.2, 0.25) is 0 Å². The highest BCUT2D eigenvalue weighted by Gasteiger charge is 2.26. The van der Waals surface area contributed by atoms with Crippen LogP contribution in [0.4, 0.5) is 18.9 Å². The van der Waals surface area contributed by atoms with Gasteiger partial charge >= 0.3 is 12.1 Å². The first-order valence-corrected chi connectivity index (χ1v) is 3.88. The number of carboxylic acid groups (broad SMARTS) is 1. The van der Waals surface area contributed by atoms with Crippen LogP contribution in [0.25, 0.3) is 0 Å². The Labute approximate surface area is 82.7 Å². The largest absolute Gasteiger partial charge is 0.477 e. The van der Waals surface area contributed by atoms with Crippen LogP contribution < -0.4 is 5.32 Å². The third kappa shape index (κ3) is 3.84. The van der Waals surface area contributed by atoms with Crippen LogP contribution in [-0.4, -0.2) is 28.8 Å². The van der Waals surface area contributed by atoms with Gasteiger partial charge in [0.2, 0.25) is 0 Å². The number of rotatable bonds is 3. The van der Waals surface area contributed by atoms with E-state index in [0.29, 0.717) is 0 Å². The molecule has 1 aromatic heterocycles. The SMILES string of the molecule is O=C(O)c1ccc(NCC(F)(F)F)cn1. The number of carbonyl (C=O) groups is 1. The number of alkyl halides is 3. The number of pyridine rings is 1. The van der Waals surface area contributed by atoms with Gasteiger partial charge in [-0.2, -0.15) is 13.2 Å². The maximum Gasteiger partial charge on any atom is 0.405 e. The Kier molecular flexibility index (Phi) is 3.13. The number of nitrogens with zero attached hydrogens (tertiary/aromatic N) is 1. The lowest BCUT2D eigenvalue weighted by atomic mass is 10.3. The van der Waals surface area contributed by atoms with Crippen LogP contribution in [-0.2, 0) is 0 Å². The zero-order chi connectivity index (χ0) is 11.5. The molecule has 15 heavy (non-hydrogen) atoms. The number of carboxylic acids is 1. The summed E-state index contributed by atoms with van der Waals surface area (Å²) in [5, 5.41) is 10.5. The van der Waals surface area contributed by atoms with Gasteiger partial charge in [-0.25, -0.2) is 9.78 Å². The lowest BCUT2D eigenvalue weighted by Gasteiger charge is -2.08. The minimum atomic E-state index is -4.31. The molecule has 0 aliphatic heterocycles. The third-order valence-corrected chi connectivity index (χ3v) is 1.48. The van der Waals surface area contributed by atoms with Gasteiger partial charge in [-0.1, -0.05) is 0 Å². The molecule has 7 heteroatoms. The smallest absolute Gasteiger partial charge is 0.405 e. The van der Waals surface area contributed by atoms with E-state index in [0.717, 1.165) is 12.3 Å². The molecule has 0 saturated heterocycles. The van der Waals surface area contributed by atoms with E-state index in [1.54, 1.807) is 0 Å². The second kappa shape index (κ2) is 4.16. The molecule has 2 N–H and O–H groups in total. The minimum Gasteiger partial charge on any atom is -0.477 e. The van der Waals surface area contributed by atoms with Crippen molar-refractivity contribution < 1.29 is 23.1 Å². The Morgan fingerprint density at radius 1 is 1.47 bits per heavy atom.